The Morgan fingerprint density at radius 3 is 2.80 bits per heavy atom. The smallest absolute Gasteiger partial charge is 0.336 e. The first-order valence-electron chi connectivity index (χ1n) is 8.25. The van der Waals surface area contributed by atoms with Gasteiger partial charge < -0.3 is 8.98 Å². The molecule has 0 fully saturated rings. The first kappa shape index (κ1) is 16.0. The van der Waals surface area contributed by atoms with Gasteiger partial charge in [0, 0.05) is 24.3 Å². The van der Waals surface area contributed by atoms with Gasteiger partial charge in [0.1, 0.15) is 5.58 Å². The minimum Gasteiger partial charge on any atom is -0.423 e. The van der Waals surface area contributed by atoms with E-state index in [4.69, 9.17) is 4.42 Å². The van der Waals surface area contributed by atoms with Crippen molar-refractivity contribution in [2.75, 3.05) is 0 Å². The van der Waals surface area contributed by atoms with E-state index in [2.05, 4.69) is 28.6 Å². The molecule has 4 aromatic rings. The van der Waals surface area contributed by atoms with Gasteiger partial charge in [-0.05, 0) is 35.7 Å². The molecule has 0 aliphatic carbocycles. The number of imidazole rings is 1. The lowest BCUT2D eigenvalue weighted by atomic mass is 10.1. The molecule has 2 aromatic carbocycles. The number of hydrogen-bond acceptors (Lipinski definition) is 4. The van der Waals surface area contributed by atoms with Crippen LogP contribution in [-0.2, 0) is 19.2 Å². The highest BCUT2D eigenvalue weighted by molar-refractivity contribution is 7.98. The molecule has 4 rings (SSSR count). The van der Waals surface area contributed by atoms with Crippen molar-refractivity contribution in [3.05, 3.63) is 70.1 Å². The van der Waals surface area contributed by atoms with E-state index in [0.29, 0.717) is 11.3 Å². The average molecular weight is 350 g/mol. The lowest BCUT2D eigenvalue weighted by Gasteiger charge is -2.07. The summed E-state index contributed by atoms with van der Waals surface area (Å²) < 4.78 is 7.47. The second-order valence-corrected chi connectivity index (χ2v) is 6.95. The van der Waals surface area contributed by atoms with Crippen LogP contribution in [0.15, 0.2) is 62.9 Å². The third-order valence-electron chi connectivity index (χ3n) is 4.41. The van der Waals surface area contributed by atoms with Crippen LogP contribution in [0, 0.1) is 0 Å². The summed E-state index contributed by atoms with van der Waals surface area (Å²) in [5.74, 6) is 0.671. The van der Waals surface area contributed by atoms with Gasteiger partial charge in [-0.15, -0.1) is 0 Å². The molecule has 5 heteroatoms. The Morgan fingerprint density at radius 2 is 2.00 bits per heavy atom. The van der Waals surface area contributed by atoms with E-state index in [1.54, 1.807) is 17.8 Å². The number of aromatic nitrogens is 2. The number of aryl methyl sites for hydroxylation is 2. The molecule has 0 saturated heterocycles. The standard InChI is InChI=1S/C20H18N2O2S/c1-3-13-8-9-15-14(11-19(23)24-18(15)10-13)12-25-20-21-16-6-4-5-7-17(16)22(20)2/h4-11H,3,12H2,1-2H3. The van der Waals surface area contributed by atoms with Gasteiger partial charge in [0.25, 0.3) is 0 Å². The first-order valence-corrected chi connectivity index (χ1v) is 9.24. The molecule has 126 valence electrons. The molecule has 0 aliphatic heterocycles. The van der Waals surface area contributed by atoms with Crippen molar-refractivity contribution in [2.24, 2.45) is 7.05 Å². The molecule has 0 N–H and O–H groups in total. The summed E-state index contributed by atoms with van der Waals surface area (Å²) in [5.41, 5.74) is 4.59. The third kappa shape index (κ3) is 2.96. The van der Waals surface area contributed by atoms with Crippen molar-refractivity contribution in [2.45, 2.75) is 24.3 Å². The molecule has 25 heavy (non-hydrogen) atoms. The topological polar surface area (TPSA) is 48.0 Å². The highest BCUT2D eigenvalue weighted by Gasteiger charge is 2.11. The van der Waals surface area contributed by atoms with Gasteiger partial charge in [0.05, 0.1) is 11.0 Å². The molecule has 0 unspecified atom stereocenters. The lowest BCUT2D eigenvalue weighted by Crippen LogP contribution is -2.01. The number of hydrogen-bond donors (Lipinski definition) is 0. The van der Waals surface area contributed by atoms with Crippen LogP contribution in [0.2, 0.25) is 0 Å². The molecule has 0 aliphatic rings. The summed E-state index contributed by atoms with van der Waals surface area (Å²) in [6, 6.07) is 15.8. The molecule has 2 aromatic heterocycles. The zero-order valence-corrected chi connectivity index (χ0v) is 15.0. The van der Waals surface area contributed by atoms with E-state index in [9.17, 15) is 4.79 Å². The van der Waals surface area contributed by atoms with Crippen molar-refractivity contribution in [1.82, 2.24) is 9.55 Å². The minimum absolute atomic E-state index is 0.304. The summed E-state index contributed by atoms with van der Waals surface area (Å²) >= 11 is 1.63. The van der Waals surface area contributed by atoms with Crippen LogP contribution in [0.5, 0.6) is 0 Å². The van der Waals surface area contributed by atoms with E-state index in [1.165, 1.54) is 0 Å². The Hall–Kier alpha value is -2.53. The fourth-order valence-electron chi connectivity index (χ4n) is 3.01. The minimum atomic E-state index is -0.304. The van der Waals surface area contributed by atoms with Gasteiger partial charge in [0.15, 0.2) is 5.16 Å². The van der Waals surface area contributed by atoms with E-state index < -0.39 is 0 Å². The highest BCUT2D eigenvalue weighted by atomic mass is 32.2. The number of nitrogens with zero attached hydrogens (tertiary/aromatic N) is 2. The van der Waals surface area contributed by atoms with Gasteiger partial charge >= 0.3 is 5.63 Å². The highest BCUT2D eigenvalue weighted by Crippen LogP contribution is 2.28. The van der Waals surface area contributed by atoms with E-state index in [1.807, 2.05) is 37.4 Å². The number of thioether (sulfide) groups is 1. The third-order valence-corrected chi connectivity index (χ3v) is 5.48. The summed E-state index contributed by atoms with van der Waals surface area (Å²) in [4.78, 5) is 16.6. The summed E-state index contributed by atoms with van der Waals surface area (Å²) in [7, 11) is 2.02. The molecule has 0 saturated carbocycles. The van der Waals surface area contributed by atoms with Crippen LogP contribution in [-0.4, -0.2) is 9.55 Å². The molecule has 0 atom stereocenters. The van der Waals surface area contributed by atoms with Crippen LogP contribution in [0.1, 0.15) is 18.1 Å². The van der Waals surface area contributed by atoms with Crippen LogP contribution in [0.3, 0.4) is 0 Å². The molecule has 0 spiro atoms. The Morgan fingerprint density at radius 1 is 1.16 bits per heavy atom. The van der Waals surface area contributed by atoms with Gasteiger partial charge in [0.2, 0.25) is 0 Å². The lowest BCUT2D eigenvalue weighted by molar-refractivity contribution is 0.559. The van der Waals surface area contributed by atoms with Crippen molar-refractivity contribution < 1.29 is 4.42 Å². The van der Waals surface area contributed by atoms with E-state index in [0.717, 1.165) is 39.1 Å². The average Bonchev–Trinajstić information content (AvgIpc) is 2.95. The fraction of sp³-hybridized carbons (Fsp3) is 0.200. The zero-order valence-electron chi connectivity index (χ0n) is 14.2. The first-order chi connectivity index (χ1) is 12.2. The van der Waals surface area contributed by atoms with Crippen LogP contribution >= 0.6 is 11.8 Å². The maximum Gasteiger partial charge on any atom is 0.336 e. The molecule has 0 amide bonds. The normalized spacial score (nSPS) is 11.4. The zero-order chi connectivity index (χ0) is 17.4. The maximum absolute atomic E-state index is 11.9. The fourth-order valence-corrected chi connectivity index (χ4v) is 3.99. The summed E-state index contributed by atoms with van der Waals surface area (Å²) in [5, 5.41) is 1.93. The molecule has 4 nitrogen and oxygen atoms in total. The van der Waals surface area contributed by atoms with E-state index in [-0.39, 0.29) is 5.63 Å². The molecule has 2 heterocycles. The van der Waals surface area contributed by atoms with Gasteiger partial charge in [-0.3, -0.25) is 0 Å². The van der Waals surface area contributed by atoms with Crippen LogP contribution < -0.4 is 5.63 Å². The number of fused-ring (bicyclic) bond motifs is 2. The van der Waals surface area contributed by atoms with Crippen molar-refractivity contribution in [3.8, 4) is 0 Å². The SMILES string of the molecule is CCc1ccc2c(CSc3nc4ccccc4n3C)cc(=O)oc2c1. The largest absolute Gasteiger partial charge is 0.423 e. The predicted molar refractivity (Wildman–Crippen MR) is 102 cm³/mol. The number of benzene rings is 2. The maximum atomic E-state index is 11.9. The Balaban J connectivity index is 1.70. The number of rotatable bonds is 4. The molecular formula is C20H18N2O2S. The molecule has 0 radical (unpaired) electrons. The second kappa shape index (κ2) is 6.41. The predicted octanol–water partition coefficient (Wildman–Crippen LogP) is 4.53. The van der Waals surface area contributed by atoms with Crippen LogP contribution in [0.25, 0.3) is 22.0 Å². The van der Waals surface area contributed by atoms with Gasteiger partial charge in [-0.1, -0.05) is 43.0 Å². The summed E-state index contributed by atoms with van der Waals surface area (Å²) in [6.45, 7) is 2.09. The van der Waals surface area contributed by atoms with E-state index >= 15 is 0 Å². The van der Waals surface area contributed by atoms with Crippen molar-refractivity contribution in [3.63, 3.8) is 0 Å². The van der Waals surface area contributed by atoms with Crippen molar-refractivity contribution in [1.29, 1.82) is 0 Å². The summed E-state index contributed by atoms with van der Waals surface area (Å²) in [6.07, 6.45) is 0.915. The Kier molecular flexibility index (Phi) is 4.09. The monoisotopic (exact) mass is 350 g/mol. The van der Waals surface area contributed by atoms with Crippen molar-refractivity contribution >= 4 is 33.8 Å². The number of para-hydroxylation sites is 2. The Labute approximate surface area is 149 Å². The second-order valence-electron chi connectivity index (χ2n) is 6.01. The molecule has 0 bridgehead atoms. The van der Waals surface area contributed by atoms with Crippen LogP contribution in [0.4, 0.5) is 0 Å². The van der Waals surface area contributed by atoms with Gasteiger partial charge in [-0.2, -0.15) is 0 Å². The quantitative estimate of drug-likeness (QED) is 0.401. The van der Waals surface area contributed by atoms with Gasteiger partial charge in [-0.25, -0.2) is 9.78 Å². The Bertz CT molecular complexity index is 1130. The molecular weight excluding hydrogens is 332 g/mol.